The van der Waals surface area contributed by atoms with E-state index >= 15 is 0 Å². The Morgan fingerprint density at radius 1 is 0.469 bits per heavy atom. The van der Waals surface area contributed by atoms with Crippen LogP contribution in [0.4, 0.5) is 0 Å². The van der Waals surface area contributed by atoms with E-state index in [9.17, 15) is 14.4 Å². The number of ether oxygens (including phenoxy) is 3. The molecule has 0 heterocycles. The molecule has 0 aromatic carbocycles. The van der Waals surface area contributed by atoms with Crippen LogP contribution in [-0.4, -0.2) is 37.2 Å². The molecule has 0 rings (SSSR count). The van der Waals surface area contributed by atoms with Crippen molar-refractivity contribution in [2.45, 2.75) is 142 Å². The second kappa shape index (κ2) is 37.2. The highest BCUT2D eigenvalue weighted by molar-refractivity contribution is 5.72. The highest BCUT2D eigenvalue weighted by Crippen LogP contribution is 2.09. The summed E-state index contributed by atoms with van der Waals surface area (Å²) in [6.45, 7) is 6.13. The van der Waals surface area contributed by atoms with Gasteiger partial charge in [0.1, 0.15) is 13.2 Å². The molecular formula is C43H66O6. The molecule has 0 aliphatic rings. The summed E-state index contributed by atoms with van der Waals surface area (Å²) >= 11 is 0. The lowest BCUT2D eigenvalue weighted by Gasteiger charge is -2.18. The zero-order valence-corrected chi connectivity index (χ0v) is 30.9. The van der Waals surface area contributed by atoms with Crippen LogP contribution < -0.4 is 0 Å². The van der Waals surface area contributed by atoms with Crippen molar-refractivity contribution in [3.05, 3.63) is 97.2 Å². The van der Waals surface area contributed by atoms with Gasteiger partial charge in [-0.15, -0.1) is 0 Å². The van der Waals surface area contributed by atoms with E-state index < -0.39 is 12.1 Å². The Hall–Kier alpha value is -3.67. The fourth-order valence-corrected chi connectivity index (χ4v) is 4.40. The van der Waals surface area contributed by atoms with Gasteiger partial charge in [0.05, 0.1) is 6.42 Å². The largest absolute Gasteiger partial charge is 0.462 e. The molecule has 0 aliphatic heterocycles. The molecule has 0 N–H and O–H groups in total. The zero-order chi connectivity index (χ0) is 35.9. The monoisotopic (exact) mass is 678 g/mol. The van der Waals surface area contributed by atoms with Crippen molar-refractivity contribution in [2.75, 3.05) is 13.2 Å². The molecule has 6 heteroatoms. The average Bonchev–Trinajstić information content (AvgIpc) is 3.10. The number of hydrogen-bond acceptors (Lipinski definition) is 6. The Labute approximate surface area is 298 Å². The minimum absolute atomic E-state index is 0.0873. The molecule has 6 nitrogen and oxygen atoms in total. The van der Waals surface area contributed by atoms with Gasteiger partial charge in [-0.3, -0.25) is 14.4 Å². The fourth-order valence-electron chi connectivity index (χ4n) is 4.40. The van der Waals surface area contributed by atoms with Crippen LogP contribution in [-0.2, 0) is 28.6 Å². The maximum absolute atomic E-state index is 12.5. The highest BCUT2D eigenvalue weighted by atomic mass is 16.6. The second-order valence-electron chi connectivity index (χ2n) is 11.8. The van der Waals surface area contributed by atoms with Gasteiger partial charge < -0.3 is 14.2 Å². The van der Waals surface area contributed by atoms with Gasteiger partial charge in [-0.25, -0.2) is 0 Å². The lowest BCUT2D eigenvalue weighted by Crippen LogP contribution is -2.30. The van der Waals surface area contributed by atoms with E-state index in [0.717, 1.165) is 64.2 Å². The number of unbranched alkanes of at least 4 members (excludes halogenated alkanes) is 8. The van der Waals surface area contributed by atoms with Gasteiger partial charge in [-0.05, 0) is 70.6 Å². The van der Waals surface area contributed by atoms with Crippen LogP contribution in [0.1, 0.15) is 136 Å². The van der Waals surface area contributed by atoms with E-state index in [1.165, 1.54) is 25.7 Å². The van der Waals surface area contributed by atoms with Gasteiger partial charge in [0.15, 0.2) is 6.10 Å². The van der Waals surface area contributed by atoms with Crippen LogP contribution in [0, 0.1) is 0 Å². The lowest BCUT2D eigenvalue weighted by molar-refractivity contribution is -0.166. The Kier molecular flexibility index (Phi) is 34.4. The summed E-state index contributed by atoms with van der Waals surface area (Å²) < 4.78 is 16.4. The molecule has 274 valence electrons. The summed E-state index contributed by atoms with van der Waals surface area (Å²) in [5, 5.41) is 0. The predicted molar refractivity (Wildman–Crippen MR) is 205 cm³/mol. The molecular weight excluding hydrogens is 612 g/mol. The molecule has 0 saturated carbocycles. The first-order chi connectivity index (χ1) is 24.0. The van der Waals surface area contributed by atoms with Crippen LogP contribution >= 0.6 is 0 Å². The number of esters is 3. The molecule has 0 aromatic rings. The maximum Gasteiger partial charge on any atom is 0.310 e. The molecule has 0 bridgehead atoms. The van der Waals surface area contributed by atoms with Crippen LogP contribution in [0.25, 0.3) is 0 Å². The minimum atomic E-state index is -0.849. The van der Waals surface area contributed by atoms with Crippen LogP contribution in [0.2, 0.25) is 0 Å². The third-order valence-corrected chi connectivity index (χ3v) is 7.18. The first-order valence-corrected chi connectivity index (χ1v) is 18.8. The SMILES string of the molecule is CC\C=C/C=C\C=C/C=C\CCCCCC(=O)OCC(COC(=O)CCC/C=C\CCCCCC)OC(=O)C/C=C\C/C=C\C/C=C\CC. The lowest BCUT2D eigenvalue weighted by atomic mass is 10.1. The fraction of sp³-hybridized carbons (Fsp3) is 0.558. The van der Waals surface area contributed by atoms with E-state index in [4.69, 9.17) is 14.2 Å². The smallest absolute Gasteiger partial charge is 0.310 e. The normalized spacial score (nSPS) is 13.1. The highest BCUT2D eigenvalue weighted by Gasteiger charge is 2.19. The first kappa shape index (κ1) is 45.3. The van der Waals surface area contributed by atoms with Crippen molar-refractivity contribution < 1.29 is 28.6 Å². The minimum Gasteiger partial charge on any atom is -0.462 e. The number of allylic oxidation sites excluding steroid dienone is 15. The van der Waals surface area contributed by atoms with E-state index in [1.807, 2.05) is 48.6 Å². The molecule has 0 amide bonds. The number of carbonyl (C=O) groups excluding carboxylic acids is 3. The summed E-state index contributed by atoms with van der Waals surface area (Å²) in [6, 6.07) is 0. The summed E-state index contributed by atoms with van der Waals surface area (Å²) in [4.78, 5) is 37.3. The molecule has 1 atom stereocenters. The molecule has 0 fully saturated rings. The summed E-state index contributed by atoms with van der Waals surface area (Å²) in [5.74, 6) is -1.16. The van der Waals surface area contributed by atoms with Gasteiger partial charge in [0, 0.05) is 12.8 Å². The van der Waals surface area contributed by atoms with Gasteiger partial charge >= 0.3 is 17.9 Å². The predicted octanol–water partition coefficient (Wildman–Crippen LogP) is 11.5. The van der Waals surface area contributed by atoms with Crippen molar-refractivity contribution in [3.63, 3.8) is 0 Å². The molecule has 0 radical (unpaired) electrons. The summed E-state index contributed by atoms with van der Waals surface area (Å²) in [6.07, 6.45) is 47.2. The standard InChI is InChI=1S/C43H66O6/c1-4-7-10-13-16-19-20-21-22-25-27-30-33-36-42(45)48-39-40(49-43(46)37-34-31-28-24-18-15-12-9-6-3)38-47-41(44)35-32-29-26-23-17-14-11-8-5-2/h7,9-10,12-13,16,18-24,26,31,34,40H,4-6,8,11,14-15,17,25,27-30,32-33,35-39H2,1-3H3/b10-7-,12-9-,16-13-,20-19-,22-21-,24-18-,26-23-,34-31-. The van der Waals surface area contributed by atoms with Crippen molar-refractivity contribution in [1.29, 1.82) is 0 Å². The van der Waals surface area contributed by atoms with Crippen molar-refractivity contribution in [1.82, 2.24) is 0 Å². The maximum atomic E-state index is 12.5. The molecule has 0 saturated heterocycles. The number of hydrogen-bond donors (Lipinski definition) is 0. The molecule has 49 heavy (non-hydrogen) atoms. The first-order valence-electron chi connectivity index (χ1n) is 18.8. The van der Waals surface area contributed by atoms with E-state index in [1.54, 1.807) is 6.08 Å². The van der Waals surface area contributed by atoms with Crippen molar-refractivity contribution in [3.8, 4) is 0 Å². The second-order valence-corrected chi connectivity index (χ2v) is 11.8. The van der Waals surface area contributed by atoms with Crippen LogP contribution in [0.5, 0.6) is 0 Å². The van der Waals surface area contributed by atoms with Crippen LogP contribution in [0.3, 0.4) is 0 Å². The molecule has 1 unspecified atom stereocenters. The average molecular weight is 679 g/mol. The summed E-state index contributed by atoms with van der Waals surface area (Å²) in [7, 11) is 0. The van der Waals surface area contributed by atoms with E-state index in [-0.39, 0.29) is 44.4 Å². The topological polar surface area (TPSA) is 78.9 Å². The molecule has 0 spiro atoms. The third kappa shape index (κ3) is 35.5. The Balaban J connectivity index is 4.59. The molecule has 0 aliphatic carbocycles. The third-order valence-electron chi connectivity index (χ3n) is 7.18. The zero-order valence-electron chi connectivity index (χ0n) is 30.9. The van der Waals surface area contributed by atoms with Crippen LogP contribution in [0.15, 0.2) is 97.2 Å². The summed E-state index contributed by atoms with van der Waals surface area (Å²) in [5.41, 5.74) is 0. The van der Waals surface area contributed by atoms with Gasteiger partial charge in [0.2, 0.25) is 0 Å². The number of carbonyl (C=O) groups is 3. The van der Waals surface area contributed by atoms with E-state index in [0.29, 0.717) is 6.42 Å². The van der Waals surface area contributed by atoms with Gasteiger partial charge in [-0.1, -0.05) is 144 Å². The Morgan fingerprint density at radius 2 is 0.980 bits per heavy atom. The van der Waals surface area contributed by atoms with E-state index in [2.05, 4.69) is 63.3 Å². The Bertz CT molecular complexity index is 1060. The molecule has 0 aromatic heterocycles. The number of rotatable bonds is 31. The van der Waals surface area contributed by atoms with Gasteiger partial charge in [0.25, 0.3) is 0 Å². The quantitative estimate of drug-likeness (QED) is 0.0239. The van der Waals surface area contributed by atoms with Gasteiger partial charge in [-0.2, -0.15) is 0 Å². The van der Waals surface area contributed by atoms with Crippen molar-refractivity contribution in [2.24, 2.45) is 0 Å². The van der Waals surface area contributed by atoms with Crippen molar-refractivity contribution >= 4 is 17.9 Å². The Morgan fingerprint density at radius 3 is 1.61 bits per heavy atom.